The largest absolute Gasteiger partial charge is 0.194 e. The molecule has 0 fully saturated rings. The van der Waals surface area contributed by atoms with Crippen molar-refractivity contribution < 1.29 is 0 Å². The summed E-state index contributed by atoms with van der Waals surface area (Å²) in [5, 5.41) is 0. The summed E-state index contributed by atoms with van der Waals surface area (Å²) >= 11 is 0. The minimum atomic E-state index is 0.938. The van der Waals surface area contributed by atoms with Crippen molar-refractivity contribution in [3.05, 3.63) is 34.7 Å². The molecule has 0 amide bonds. The van der Waals surface area contributed by atoms with E-state index < -0.39 is 0 Å². The smallest absolute Gasteiger partial charge is 0.0997 e. The van der Waals surface area contributed by atoms with Gasteiger partial charge in [0, 0.05) is 6.42 Å². The molecule has 0 aromatic carbocycles. The highest BCUT2D eigenvalue weighted by molar-refractivity contribution is 5.50. The first-order chi connectivity index (χ1) is 7.29. The topological polar surface area (TPSA) is 24.7 Å². The molecule has 1 aliphatic heterocycles. The molecule has 0 bridgehead atoms. The van der Waals surface area contributed by atoms with Gasteiger partial charge < -0.3 is 0 Å². The summed E-state index contributed by atoms with van der Waals surface area (Å²) in [4.78, 5) is 7.95. The van der Waals surface area contributed by atoms with E-state index in [-0.39, 0.29) is 0 Å². The Kier molecular flexibility index (Phi) is 2.98. The Morgan fingerprint density at radius 2 is 2.27 bits per heavy atom. The second-order valence-electron chi connectivity index (χ2n) is 4.10. The first-order valence-corrected chi connectivity index (χ1v) is 5.52. The Labute approximate surface area is 90.8 Å². The van der Waals surface area contributed by atoms with E-state index in [1.807, 2.05) is 0 Å². The van der Waals surface area contributed by atoms with Crippen molar-refractivity contribution in [1.82, 2.24) is 0 Å². The third-order valence-electron chi connectivity index (χ3n) is 3.00. The molecule has 15 heavy (non-hydrogen) atoms. The van der Waals surface area contributed by atoms with Crippen molar-refractivity contribution in [3.8, 4) is 0 Å². The van der Waals surface area contributed by atoms with Gasteiger partial charge in [-0.2, -0.15) is 9.98 Å². The zero-order chi connectivity index (χ0) is 10.7. The van der Waals surface area contributed by atoms with Gasteiger partial charge in [-0.3, -0.25) is 0 Å². The van der Waals surface area contributed by atoms with Crippen LogP contribution in [-0.2, 0) is 0 Å². The SMILES string of the molecule is CCC1=C(C)CCC(CC2=CN=C=N2)=C1. The molecule has 78 valence electrons. The van der Waals surface area contributed by atoms with E-state index in [4.69, 9.17) is 0 Å². The zero-order valence-corrected chi connectivity index (χ0v) is 9.38. The Hall–Kier alpha value is -1.40. The van der Waals surface area contributed by atoms with Crippen molar-refractivity contribution in [2.45, 2.75) is 39.5 Å². The lowest BCUT2D eigenvalue weighted by Crippen LogP contribution is -1.97. The van der Waals surface area contributed by atoms with Crippen LogP contribution in [0, 0.1) is 0 Å². The fraction of sp³-hybridized carbons (Fsp3) is 0.462. The maximum absolute atomic E-state index is 4.09. The third-order valence-corrected chi connectivity index (χ3v) is 3.00. The molecule has 0 atom stereocenters. The minimum absolute atomic E-state index is 0.938. The lowest BCUT2D eigenvalue weighted by atomic mass is 9.90. The maximum atomic E-state index is 4.09. The lowest BCUT2D eigenvalue weighted by Gasteiger charge is -2.16. The summed E-state index contributed by atoms with van der Waals surface area (Å²) < 4.78 is 0. The van der Waals surface area contributed by atoms with Gasteiger partial charge in [0.2, 0.25) is 0 Å². The third kappa shape index (κ3) is 2.34. The number of rotatable bonds is 3. The highest BCUT2D eigenvalue weighted by Crippen LogP contribution is 2.29. The maximum Gasteiger partial charge on any atom is 0.0997 e. The molecule has 0 spiro atoms. The van der Waals surface area contributed by atoms with Gasteiger partial charge in [0.15, 0.2) is 0 Å². The number of hydrogen-bond acceptors (Lipinski definition) is 2. The molecule has 0 saturated heterocycles. The molecule has 0 aromatic heterocycles. The Balaban J connectivity index is 2.08. The van der Waals surface area contributed by atoms with Gasteiger partial charge in [-0.1, -0.05) is 24.1 Å². The van der Waals surface area contributed by atoms with Gasteiger partial charge in [-0.25, -0.2) is 0 Å². The lowest BCUT2D eigenvalue weighted by molar-refractivity contribution is 0.833. The Bertz CT molecular complexity index is 416. The Morgan fingerprint density at radius 1 is 1.40 bits per heavy atom. The van der Waals surface area contributed by atoms with Crippen LogP contribution in [0.2, 0.25) is 0 Å². The molecule has 1 heterocycles. The van der Waals surface area contributed by atoms with Crippen molar-refractivity contribution in [3.63, 3.8) is 0 Å². The predicted octanol–water partition coefficient (Wildman–Crippen LogP) is 3.85. The number of allylic oxidation sites excluding steroid dienone is 4. The summed E-state index contributed by atoms with van der Waals surface area (Å²) in [7, 11) is 0. The molecular formula is C13H16N2. The summed E-state index contributed by atoms with van der Waals surface area (Å²) in [6, 6.07) is 2.61. The standard InChI is InChI=1S/C13H16N2/c1-3-12-6-11(5-4-10(12)2)7-13-8-14-9-15-13/h6,8H,3-5,7H2,1-2H3. The highest BCUT2D eigenvalue weighted by Gasteiger charge is 2.11. The van der Waals surface area contributed by atoms with E-state index in [2.05, 4.69) is 35.9 Å². The summed E-state index contributed by atoms with van der Waals surface area (Å²) in [5.41, 5.74) is 5.56. The molecule has 0 unspecified atom stereocenters. The summed E-state index contributed by atoms with van der Waals surface area (Å²) in [6.07, 6.45) is 8.58. The predicted molar refractivity (Wildman–Crippen MR) is 62.9 cm³/mol. The van der Waals surface area contributed by atoms with Gasteiger partial charge in [0.25, 0.3) is 0 Å². The van der Waals surface area contributed by atoms with Gasteiger partial charge in [0.1, 0.15) is 0 Å². The van der Waals surface area contributed by atoms with Crippen LogP contribution in [0.3, 0.4) is 0 Å². The molecule has 0 N–H and O–H groups in total. The van der Waals surface area contributed by atoms with Crippen LogP contribution in [-0.4, -0.2) is 6.01 Å². The zero-order valence-electron chi connectivity index (χ0n) is 9.38. The van der Waals surface area contributed by atoms with Gasteiger partial charge in [-0.05, 0) is 31.8 Å². The molecule has 0 radical (unpaired) electrons. The van der Waals surface area contributed by atoms with Crippen LogP contribution >= 0.6 is 0 Å². The summed E-state index contributed by atoms with van der Waals surface area (Å²) in [6.45, 7) is 4.45. The van der Waals surface area contributed by atoms with E-state index in [1.165, 1.54) is 24.0 Å². The normalized spacial score (nSPS) is 19.6. The van der Waals surface area contributed by atoms with Crippen molar-refractivity contribution in [1.29, 1.82) is 0 Å². The molecule has 2 heteroatoms. The molecule has 2 rings (SSSR count). The molecule has 0 aromatic rings. The van der Waals surface area contributed by atoms with Gasteiger partial charge in [0.05, 0.1) is 17.9 Å². The fourth-order valence-corrected chi connectivity index (χ4v) is 2.04. The molecule has 2 nitrogen and oxygen atoms in total. The second kappa shape index (κ2) is 4.41. The second-order valence-corrected chi connectivity index (χ2v) is 4.10. The molecule has 0 saturated carbocycles. The van der Waals surface area contributed by atoms with Crippen molar-refractivity contribution >= 4 is 6.01 Å². The molecule has 2 aliphatic rings. The monoisotopic (exact) mass is 200 g/mol. The van der Waals surface area contributed by atoms with E-state index in [0.29, 0.717) is 0 Å². The van der Waals surface area contributed by atoms with Crippen LogP contribution in [0.5, 0.6) is 0 Å². The summed E-state index contributed by atoms with van der Waals surface area (Å²) in [5.74, 6) is 0. The van der Waals surface area contributed by atoms with E-state index in [1.54, 1.807) is 11.8 Å². The van der Waals surface area contributed by atoms with E-state index >= 15 is 0 Å². The first kappa shape index (κ1) is 10.1. The van der Waals surface area contributed by atoms with Crippen LogP contribution in [0.1, 0.15) is 39.5 Å². The number of nitrogens with zero attached hydrogens (tertiary/aromatic N) is 2. The van der Waals surface area contributed by atoms with E-state index in [0.717, 1.165) is 18.5 Å². The average molecular weight is 200 g/mol. The van der Waals surface area contributed by atoms with Crippen molar-refractivity contribution in [2.24, 2.45) is 9.98 Å². The molecule has 1 aliphatic carbocycles. The van der Waals surface area contributed by atoms with Gasteiger partial charge in [-0.15, -0.1) is 0 Å². The van der Waals surface area contributed by atoms with Gasteiger partial charge >= 0.3 is 0 Å². The quantitative estimate of drug-likeness (QED) is 0.661. The van der Waals surface area contributed by atoms with Crippen LogP contribution in [0.15, 0.2) is 44.7 Å². The Morgan fingerprint density at radius 3 is 2.93 bits per heavy atom. The van der Waals surface area contributed by atoms with Crippen LogP contribution in [0.4, 0.5) is 0 Å². The van der Waals surface area contributed by atoms with Crippen LogP contribution < -0.4 is 0 Å². The van der Waals surface area contributed by atoms with Crippen molar-refractivity contribution in [2.75, 3.05) is 0 Å². The highest BCUT2D eigenvalue weighted by atomic mass is 14.9. The van der Waals surface area contributed by atoms with Crippen LogP contribution in [0.25, 0.3) is 0 Å². The average Bonchev–Trinajstić information content (AvgIpc) is 2.73. The number of hydrogen-bond donors (Lipinski definition) is 0. The number of aliphatic imine (C=N–C) groups is 2. The fourth-order valence-electron chi connectivity index (χ4n) is 2.04. The minimum Gasteiger partial charge on any atom is -0.194 e. The first-order valence-electron chi connectivity index (χ1n) is 5.52. The van der Waals surface area contributed by atoms with E-state index in [9.17, 15) is 0 Å². The molecular weight excluding hydrogens is 184 g/mol.